The Morgan fingerprint density at radius 3 is 2.87 bits per heavy atom. The van der Waals surface area contributed by atoms with Gasteiger partial charge < -0.3 is 10.4 Å². The number of hydrogen-bond donors (Lipinski definition) is 2. The summed E-state index contributed by atoms with van der Waals surface area (Å²) in [6.07, 6.45) is 5.69. The van der Waals surface area contributed by atoms with Crippen molar-refractivity contribution in [1.82, 2.24) is 10.2 Å². The Hall–Kier alpha value is -0.120. The summed E-state index contributed by atoms with van der Waals surface area (Å²) in [4.78, 5) is 2.27. The molecule has 1 fully saturated rings. The van der Waals surface area contributed by atoms with Crippen LogP contribution in [0.2, 0.25) is 0 Å². The third-order valence-electron chi connectivity index (χ3n) is 3.28. The summed E-state index contributed by atoms with van der Waals surface area (Å²) < 4.78 is 0. The molecule has 1 heterocycles. The van der Waals surface area contributed by atoms with Gasteiger partial charge in [0.05, 0.1) is 0 Å². The van der Waals surface area contributed by atoms with Gasteiger partial charge in [-0.1, -0.05) is 33.1 Å². The predicted octanol–water partition coefficient (Wildman–Crippen LogP) is 1.57. The Bertz CT molecular complexity index is 164. The Kier molecular flexibility index (Phi) is 6.22. The van der Waals surface area contributed by atoms with Crippen LogP contribution in [0, 0.1) is 0 Å². The highest BCUT2D eigenvalue weighted by Gasteiger charge is 2.25. The van der Waals surface area contributed by atoms with Gasteiger partial charge in [0.2, 0.25) is 0 Å². The van der Waals surface area contributed by atoms with Gasteiger partial charge in [-0.2, -0.15) is 0 Å². The highest BCUT2D eigenvalue weighted by Crippen LogP contribution is 2.15. The molecule has 0 bridgehead atoms. The Labute approximate surface area is 93.9 Å². The highest BCUT2D eigenvalue weighted by molar-refractivity contribution is 4.80. The smallest absolute Gasteiger partial charge is 0.107 e. The fourth-order valence-electron chi connectivity index (χ4n) is 2.30. The first kappa shape index (κ1) is 12.9. The second-order valence-corrected chi connectivity index (χ2v) is 4.48. The maximum Gasteiger partial charge on any atom is 0.107 e. The van der Waals surface area contributed by atoms with E-state index in [0.29, 0.717) is 6.04 Å². The largest absolute Gasteiger partial charge is 0.378 e. The third-order valence-corrected chi connectivity index (χ3v) is 3.28. The van der Waals surface area contributed by atoms with Crippen molar-refractivity contribution >= 4 is 0 Å². The third kappa shape index (κ3) is 4.09. The molecule has 1 rings (SSSR count). The molecule has 90 valence electrons. The molecule has 0 aromatic heterocycles. The standard InChI is InChI=1S/C12H26N2O/c1-3-5-6-7-11-10-13-8-9-14(11)12(15)4-2/h11-13,15H,3-10H2,1-2H3. The van der Waals surface area contributed by atoms with E-state index >= 15 is 0 Å². The molecular weight excluding hydrogens is 188 g/mol. The van der Waals surface area contributed by atoms with E-state index < -0.39 is 0 Å². The number of piperazine rings is 1. The van der Waals surface area contributed by atoms with Crippen molar-refractivity contribution in [3.05, 3.63) is 0 Å². The molecule has 0 aromatic rings. The zero-order valence-electron chi connectivity index (χ0n) is 10.2. The SMILES string of the molecule is CCCCCC1CNCCN1C(O)CC. The van der Waals surface area contributed by atoms with Crippen molar-refractivity contribution in [3.63, 3.8) is 0 Å². The van der Waals surface area contributed by atoms with Crippen LogP contribution in [0.1, 0.15) is 46.0 Å². The Balaban J connectivity index is 2.35. The topological polar surface area (TPSA) is 35.5 Å². The lowest BCUT2D eigenvalue weighted by molar-refractivity contribution is -0.0393. The van der Waals surface area contributed by atoms with Crippen LogP contribution < -0.4 is 5.32 Å². The van der Waals surface area contributed by atoms with Crippen LogP contribution in [-0.2, 0) is 0 Å². The summed E-state index contributed by atoms with van der Waals surface area (Å²) in [5.74, 6) is 0. The number of nitrogens with zero attached hydrogens (tertiary/aromatic N) is 1. The van der Waals surface area contributed by atoms with Gasteiger partial charge in [0.1, 0.15) is 6.23 Å². The number of aliphatic hydroxyl groups excluding tert-OH is 1. The van der Waals surface area contributed by atoms with E-state index in [1.54, 1.807) is 0 Å². The van der Waals surface area contributed by atoms with Crippen LogP contribution in [0.4, 0.5) is 0 Å². The van der Waals surface area contributed by atoms with Gasteiger partial charge in [0, 0.05) is 25.7 Å². The van der Waals surface area contributed by atoms with Gasteiger partial charge in [-0.3, -0.25) is 4.90 Å². The van der Waals surface area contributed by atoms with E-state index in [2.05, 4.69) is 24.1 Å². The number of rotatable bonds is 6. The molecule has 2 N–H and O–H groups in total. The summed E-state index contributed by atoms with van der Waals surface area (Å²) in [6.45, 7) is 7.33. The lowest BCUT2D eigenvalue weighted by atomic mass is 10.0. The number of nitrogens with one attached hydrogen (secondary N) is 1. The van der Waals surface area contributed by atoms with Crippen molar-refractivity contribution in [2.24, 2.45) is 0 Å². The molecular formula is C12H26N2O. The van der Waals surface area contributed by atoms with Gasteiger partial charge in [0.25, 0.3) is 0 Å². The fourth-order valence-corrected chi connectivity index (χ4v) is 2.30. The monoisotopic (exact) mass is 214 g/mol. The van der Waals surface area contributed by atoms with Gasteiger partial charge in [-0.25, -0.2) is 0 Å². The number of aliphatic hydroxyl groups is 1. The van der Waals surface area contributed by atoms with Gasteiger partial charge in [0.15, 0.2) is 0 Å². The number of unbranched alkanes of at least 4 members (excludes halogenated alkanes) is 2. The fraction of sp³-hybridized carbons (Fsp3) is 1.00. The Morgan fingerprint density at radius 2 is 2.20 bits per heavy atom. The molecule has 3 nitrogen and oxygen atoms in total. The molecule has 0 amide bonds. The van der Waals surface area contributed by atoms with Crippen molar-refractivity contribution in [2.75, 3.05) is 19.6 Å². The minimum atomic E-state index is -0.237. The second kappa shape index (κ2) is 7.20. The van der Waals surface area contributed by atoms with E-state index in [0.717, 1.165) is 26.1 Å². The minimum Gasteiger partial charge on any atom is -0.378 e. The van der Waals surface area contributed by atoms with E-state index in [9.17, 15) is 5.11 Å². The summed E-state index contributed by atoms with van der Waals surface area (Å²) >= 11 is 0. The molecule has 2 unspecified atom stereocenters. The first-order valence-corrected chi connectivity index (χ1v) is 6.44. The first-order chi connectivity index (χ1) is 7.29. The lowest BCUT2D eigenvalue weighted by Crippen LogP contribution is -2.55. The zero-order chi connectivity index (χ0) is 11.1. The van der Waals surface area contributed by atoms with Gasteiger partial charge in [-0.05, 0) is 12.8 Å². The first-order valence-electron chi connectivity index (χ1n) is 6.44. The molecule has 1 saturated heterocycles. The second-order valence-electron chi connectivity index (χ2n) is 4.48. The van der Waals surface area contributed by atoms with Gasteiger partial charge >= 0.3 is 0 Å². The van der Waals surface area contributed by atoms with Crippen LogP contribution in [0.3, 0.4) is 0 Å². The molecule has 3 heteroatoms. The maximum atomic E-state index is 9.91. The molecule has 2 atom stereocenters. The van der Waals surface area contributed by atoms with E-state index in [1.807, 2.05) is 0 Å². The lowest BCUT2D eigenvalue weighted by Gasteiger charge is -2.39. The average molecular weight is 214 g/mol. The molecule has 0 aliphatic carbocycles. The molecule has 1 aliphatic rings. The van der Waals surface area contributed by atoms with Gasteiger partial charge in [-0.15, -0.1) is 0 Å². The predicted molar refractivity (Wildman–Crippen MR) is 63.8 cm³/mol. The van der Waals surface area contributed by atoms with Crippen molar-refractivity contribution in [3.8, 4) is 0 Å². The van der Waals surface area contributed by atoms with Crippen LogP contribution in [0.25, 0.3) is 0 Å². The van der Waals surface area contributed by atoms with Crippen LogP contribution in [-0.4, -0.2) is 41.9 Å². The van der Waals surface area contributed by atoms with Crippen molar-refractivity contribution < 1.29 is 5.11 Å². The molecule has 0 spiro atoms. The van der Waals surface area contributed by atoms with E-state index in [1.165, 1.54) is 25.7 Å². The highest BCUT2D eigenvalue weighted by atomic mass is 16.3. The normalized spacial score (nSPS) is 25.4. The van der Waals surface area contributed by atoms with Crippen LogP contribution in [0.15, 0.2) is 0 Å². The summed E-state index contributed by atoms with van der Waals surface area (Å²) in [6, 6.07) is 0.542. The summed E-state index contributed by atoms with van der Waals surface area (Å²) in [5.41, 5.74) is 0. The molecule has 15 heavy (non-hydrogen) atoms. The molecule has 1 aliphatic heterocycles. The van der Waals surface area contributed by atoms with Crippen LogP contribution >= 0.6 is 0 Å². The minimum absolute atomic E-state index is 0.237. The molecule has 0 radical (unpaired) electrons. The van der Waals surface area contributed by atoms with Crippen molar-refractivity contribution in [2.45, 2.75) is 58.2 Å². The van der Waals surface area contributed by atoms with E-state index in [4.69, 9.17) is 0 Å². The molecule has 0 saturated carbocycles. The van der Waals surface area contributed by atoms with E-state index in [-0.39, 0.29) is 6.23 Å². The Morgan fingerprint density at radius 1 is 1.40 bits per heavy atom. The zero-order valence-corrected chi connectivity index (χ0v) is 10.2. The maximum absolute atomic E-state index is 9.91. The van der Waals surface area contributed by atoms with Crippen molar-refractivity contribution in [1.29, 1.82) is 0 Å². The number of hydrogen-bond acceptors (Lipinski definition) is 3. The molecule has 0 aromatic carbocycles. The summed E-state index contributed by atoms with van der Waals surface area (Å²) in [5, 5.41) is 13.3. The average Bonchev–Trinajstić information content (AvgIpc) is 2.29. The van der Waals surface area contributed by atoms with Crippen LogP contribution in [0.5, 0.6) is 0 Å². The summed E-state index contributed by atoms with van der Waals surface area (Å²) in [7, 11) is 0. The quantitative estimate of drug-likeness (QED) is 0.659.